The first kappa shape index (κ1) is 46.5. The Labute approximate surface area is 357 Å². The van der Waals surface area contributed by atoms with Crippen molar-refractivity contribution in [1.82, 2.24) is 0 Å². The minimum Gasteiger partial charge on any atom is -0.481 e. The number of aliphatic hydroxyl groups excluding tert-OH is 8. The fourth-order valence-corrected chi connectivity index (χ4v) is 7.76. The van der Waals surface area contributed by atoms with E-state index in [4.69, 9.17) is 18.9 Å². The molecule has 2 aliphatic rings. The van der Waals surface area contributed by atoms with Crippen LogP contribution in [-0.2, 0) is 44.7 Å². The quantitative estimate of drug-likeness (QED) is 0.0604. The molecule has 2 saturated heterocycles. The lowest BCUT2D eigenvalue weighted by Gasteiger charge is -2.39. The lowest BCUT2D eigenvalue weighted by Crippen LogP contribution is -2.60. The smallest absolute Gasteiger partial charge is 0.307 e. The van der Waals surface area contributed by atoms with Gasteiger partial charge in [-0.2, -0.15) is 0 Å². The lowest BCUT2D eigenvalue weighted by molar-refractivity contribution is -0.277. The molecule has 0 saturated carbocycles. The number of unbranched alkanes of at least 4 members (excludes halogenated alkanes) is 3. The molecule has 4 aromatic rings. The van der Waals surface area contributed by atoms with Crippen LogP contribution in [0.2, 0.25) is 0 Å². The van der Waals surface area contributed by atoms with Crippen LogP contribution in [0.5, 0.6) is 11.5 Å². The van der Waals surface area contributed by atoms with Gasteiger partial charge < -0.3 is 70.0 Å². The van der Waals surface area contributed by atoms with Crippen LogP contribution in [0, 0.1) is 0 Å². The normalized spacial score (nSPS) is 26.2. The third kappa shape index (κ3) is 11.5. The van der Waals surface area contributed by atoms with Gasteiger partial charge in [0.05, 0.1) is 26.1 Å². The number of carbonyl (C=O) groups is 2. The number of hydrogen-bond acceptors (Lipinski definition) is 14. The summed E-state index contributed by atoms with van der Waals surface area (Å²) in [5.74, 6) is -1.42. The number of aliphatic carboxylic acids is 2. The Morgan fingerprint density at radius 1 is 0.484 bits per heavy atom. The van der Waals surface area contributed by atoms with Crippen LogP contribution in [0.15, 0.2) is 84.9 Å². The maximum atomic E-state index is 11.5. The van der Waals surface area contributed by atoms with Gasteiger partial charge in [-0.05, 0) is 83.3 Å². The zero-order chi connectivity index (χ0) is 44.5. The van der Waals surface area contributed by atoms with Crippen LogP contribution in [0.1, 0.15) is 47.9 Å². The number of carboxylic acid groups (broad SMARTS) is 2. The molecular formula is C46H54O16. The number of aliphatic hydroxyl groups is 8. The van der Waals surface area contributed by atoms with Gasteiger partial charge in [0.15, 0.2) is 0 Å². The SMILES string of the molecule is O=C(O)Cc1cccc(-c2cc(CCCCCCc3ccc(OC4O[C@H](CO)C(O)[C@H](O)[C@@H]4O)c(-c4cccc(CC(=O)O)c4)c3)ccc2OC2O[C@H](CO)C(O)[C@H](O)[C@@H]2O)c1. The summed E-state index contributed by atoms with van der Waals surface area (Å²) < 4.78 is 23.3. The van der Waals surface area contributed by atoms with Gasteiger partial charge >= 0.3 is 11.9 Å². The monoisotopic (exact) mass is 862 g/mol. The zero-order valence-corrected chi connectivity index (χ0v) is 33.8. The first-order valence-corrected chi connectivity index (χ1v) is 20.6. The number of ether oxygens (including phenoxy) is 4. The van der Waals surface area contributed by atoms with Crippen LogP contribution in [-0.4, -0.2) is 138 Å². The largest absolute Gasteiger partial charge is 0.481 e. The maximum absolute atomic E-state index is 11.5. The summed E-state index contributed by atoms with van der Waals surface area (Å²) >= 11 is 0. The van der Waals surface area contributed by atoms with Gasteiger partial charge in [-0.3, -0.25) is 9.59 Å². The second-order valence-electron chi connectivity index (χ2n) is 15.7. The molecule has 2 aliphatic heterocycles. The van der Waals surface area contributed by atoms with E-state index in [9.17, 15) is 60.7 Å². The molecule has 16 nitrogen and oxygen atoms in total. The minimum atomic E-state index is -1.63. The van der Waals surface area contributed by atoms with Crippen molar-refractivity contribution in [2.24, 2.45) is 0 Å². The van der Waals surface area contributed by atoms with Crippen LogP contribution in [0.3, 0.4) is 0 Å². The third-order valence-corrected chi connectivity index (χ3v) is 11.1. The Kier molecular flexibility index (Phi) is 16.1. The van der Waals surface area contributed by atoms with Crippen molar-refractivity contribution in [2.45, 2.75) is 113 Å². The second kappa shape index (κ2) is 21.4. The fourth-order valence-electron chi connectivity index (χ4n) is 7.76. The van der Waals surface area contributed by atoms with E-state index in [1.807, 2.05) is 24.3 Å². The summed E-state index contributed by atoms with van der Waals surface area (Å²) in [5.41, 5.74) is 5.56. The van der Waals surface area contributed by atoms with E-state index in [0.717, 1.165) is 36.8 Å². The van der Waals surface area contributed by atoms with E-state index < -0.39 is 86.6 Å². The van der Waals surface area contributed by atoms with Crippen molar-refractivity contribution >= 4 is 11.9 Å². The molecule has 4 unspecified atom stereocenters. The number of aryl methyl sites for hydroxylation is 2. The van der Waals surface area contributed by atoms with Crippen molar-refractivity contribution in [3.05, 3.63) is 107 Å². The van der Waals surface area contributed by atoms with Crippen molar-refractivity contribution in [2.75, 3.05) is 13.2 Å². The highest BCUT2D eigenvalue weighted by Crippen LogP contribution is 2.37. The summed E-state index contributed by atoms with van der Waals surface area (Å²) in [4.78, 5) is 23.0. The molecule has 6 rings (SSSR count). The number of benzene rings is 4. The fraction of sp³-hybridized carbons (Fsp3) is 0.435. The van der Waals surface area contributed by atoms with Gasteiger partial charge in [-0.25, -0.2) is 0 Å². The van der Waals surface area contributed by atoms with E-state index in [-0.39, 0.29) is 24.3 Å². The molecule has 0 spiro atoms. The highest BCUT2D eigenvalue weighted by atomic mass is 16.7. The van der Waals surface area contributed by atoms with Gasteiger partial charge in [0.25, 0.3) is 0 Å². The van der Waals surface area contributed by atoms with Crippen molar-refractivity contribution < 1.29 is 79.6 Å². The molecule has 0 radical (unpaired) electrons. The Morgan fingerprint density at radius 3 is 1.26 bits per heavy atom. The van der Waals surface area contributed by atoms with Gasteiger partial charge in [-0.15, -0.1) is 0 Å². The van der Waals surface area contributed by atoms with Gasteiger partial charge in [0.2, 0.25) is 12.6 Å². The maximum Gasteiger partial charge on any atom is 0.307 e. The molecule has 62 heavy (non-hydrogen) atoms. The van der Waals surface area contributed by atoms with E-state index in [0.29, 0.717) is 46.2 Å². The summed E-state index contributed by atoms with van der Waals surface area (Å²) in [6.45, 7) is -1.23. The molecule has 10 N–H and O–H groups in total. The topological polar surface area (TPSA) is 273 Å². The van der Waals surface area contributed by atoms with Crippen molar-refractivity contribution in [3.8, 4) is 33.8 Å². The average Bonchev–Trinajstić information content (AvgIpc) is 3.25. The molecule has 4 aromatic carbocycles. The Hall–Kier alpha value is -4.98. The first-order chi connectivity index (χ1) is 29.8. The van der Waals surface area contributed by atoms with Crippen LogP contribution >= 0.6 is 0 Å². The Morgan fingerprint density at radius 2 is 0.887 bits per heavy atom. The summed E-state index contributed by atoms with van der Waals surface area (Å²) in [6.07, 6.45) is -10.3. The van der Waals surface area contributed by atoms with E-state index in [2.05, 4.69) is 0 Å². The highest BCUT2D eigenvalue weighted by molar-refractivity contribution is 5.76. The average molecular weight is 863 g/mol. The zero-order valence-electron chi connectivity index (χ0n) is 33.8. The molecule has 10 atom stereocenters. The van der Waals surface area contributed by atoms with Gasteiger partial charge in [-0.1, -0.05) is 73.5 Å². The third-order valence-electron chi connectivity index (χ3n) is 11.1. The summed E-state index contributed by atoms with van der Waals surface area (Å²) in [6, 6.07) is 24.9. The van der Waals surface area contributed by atoms with Gasteiger partial charge in [0, 0.05) is 11.1 Å². The lowest BCUT2D eigenvalue weighted by atomic mass is 9.95. The molecule has 0 amide bonds. The van der Waals surface area contributed by atoms with Gasteiger partial charge in [0.1, 0.15) is 60.3 Å². The predicted molar refractivity (Wildman–Crippen MR) is 221 cm³/mol. The van der Waals surface area contributed by atoms with Crippen LogP contribution in [0.4, 0.5) is 0 Å². The molecule has 2 fully saturated rings. The number of hydrogen-bond donors (Lipinski definition) is 10. The van der Waals surface area contributed by atoms with Crippen molar-refractivity contribution in [3.63, 3.8) is 0 Å². The van der Waals surface area contributed by atoms with E-state index >= 15 is 0 Å². The van der Waals surface area contributed by atoms with E-state index in [1.54, 1.807) is 60.7 Å². The first-order valence-electron chi connectivity index (χ1n) is 20.6. The summed E-state index contributed by atoms with van der Waals surface area (Å²) in [5, 5.41) is 101. The predicted octanol–water partition coefficient (Wildman–Crippen LogP) is 1.98. The molecule has 0 aromatic heterocycles. The second-order valence-corrected chi connectivity index (χ2v) is 15.7. The van der Waals surface area contributed by atoms with Crippen LogP contribution in [0.25, 0.3) is 22.3 Å². The molecule has 0 bridgehead atoms. The minimum absolute atomic E-state index is 0.197. The number of rotatable bonds is 19. The molecule has 0 aliphatic carbocycles. The summed E-state index contributed by atoms with van der Waals surface area (Å²) in [7, 11) is 0. The highest BCUT2D eigenvalue weighted by Gasteiger charge is 2.46. The molecule has 2 heterocycles. The number of carboxylic acids is 2. The molecule has 16 heteroatoms. The van der Waals surface area contributed by atoms with Crippen molar-refractivity contribution in [1.29, 1.82) is 0 Å². The Bertz CT molecular complexity index is 1970. The molecule has 334 valence electrons. The van der Waals surface area contributed by atoms with E-state index in [1.165, 1.54) is 0 Å². The van der Waals surface area contributed by atoms with Crippen LogP contribution < -0.4 is 9.47 Å². The molecular weight excluding hydrogens is 808 g/mol. The Balaban J connectivity index is 1.13. The standard InChI is InChI=1S/C46H54O16/c47-23-35-39(53)41(55)43(57)45(61-35)59-33-15-13-25(19-31(33)29-11-5-9-27(17-29)21-37(49)50)7-3-1-2-4-8-26-14-16-34(60-46-44(58)42(56)40(54)36(24-48)62-46)32(20-26)30-12-6-10-28(18-30)22-38(51)52/h5-6,9-20,35-36,39-48,53-58H,1-4,7-8,21-24H2,(H,49,50)(H,51,52)/t35-,36-,39?,40?,41+,42+,43+,44+,45?,46?/m1/s1.